The Balaban J connectivity index is 2.34. The lowest BCUT2D eigenvalue weighted by Gasteiger charge is -2.25. The van der Waals surface area contributed by atoms with E-state index in [1.54, 1.807) is 13.1 Å². The second-order valence-corrected chi connectivity index (χ2v) is 6.26. The molecule has 0 bridgehead atoms. The number of anilines is 1. The van der Waals surface area contributed by atoms with Gasteiger partial charge in [-0.2, -0.15) is 4.31 Å². The summed E-state index contributed by atoms with van der Waals surface area (Å²) in [5.41, 5.74) is 5.84. The summed E-state index contributed by atoms with van der Waals surface area (Å²) in [6.07, 6.45) is 1.99. The Bertz CT molecular complexity index is 532. The van der Waals surface area contributed by atoms with Crippen molar-refractivity contribution in [2.75, 3.05) is 19.4 Å². The van der Waals surface area contributed by atoms with Gasteiger partial charge in [-0.1, -0.05) is 0 Å². The highest BCUT2D eigenvalue weighted by Crippen LogP contribution is 2.25. The Morgan fingerprint density at radius 1 is 1.56 bits per heavy atom. The third-order valence-corrected chi connectivity index (χ3v) is 5.09. The average molecular weight is 271 g/mol. The van der Waals surface area contributed by atoms with E-state index in [1.807, 2.05) is 6.92 Å². The van der Waals surface area contributed by atoms with E-state index < -0.39 is 10.0 Å². The number of nitrogens with two attached hydrogens (primary N) is 1. The average Bonchev–Trinajstić information content (AvgIpc) is 2.74. The number of nitrogen functional groups attached to an aromatic ring is 1. The summed E-state index contributed by atoms with van der Waals surface area (Å²) >= 11 is 0. The van der Waals surface area contributed by atoms with Gasteiger partial charge in [-0.3, -0.25) is 0 Å². The minimum absolute atomic E-state index is 0.0911. The number of ether oxygens (including phenoxy) is 1. The molecule has 1 saturated heterocycles. The molecular weight excluding hydrogens is 254 g/mol. The number of hydrogen-bond acceptors (Lipinski definition) is 5. The van der Waals surface area contributed by atoms with Gasteiger partial charge in [-0.05, 0) is 25.5 Å². The molecule has 2 unspecified atom stereocenters. The maximum atomic E-state index is 12.4. The van der Waals surface area contributed by atoms with Crippen LogP contribution in [0.25, 0.3) is 0 Å². The van der Waals surface area contributed by atoms with E-state index in [9.17, 15) is 8.42 Å². The number of sulfonamides is 1. The molecule has 1 aliphatic rings. The molecule has 2 rings (SSSR count). The third kappa shape index (κ3) is 2.21. The van der Waals surface area contributed by atoms with Crippen molar-refractivity contribution in [2.24, 2.45) is 0 Å². The van der Waals surface area contributed by atoms with Crippen LogP contribution in [0.1, 0.15) is 13.3 Å². The van der Waals surface area contributed by atoms with E-state index in [2.05, 4.69) is 4.98 Å². The fraction of sp³-hybridized carbons (Fsp3) is 0.545. The van der Waals surface area contributed by atoms with Crippen LogP contribution in [-0.4, -0.2) is 43.5 Å². The molecule has 2 N–H and O–H groups in total. The number of hydrogen-bond donors (Lipinski definition) is 1. The molecule has 0 spiro atoms. The Hall–Kier alpha value is -1.18. The highest BCUT2D eigenvalue weighted by Gasteiger charge is 2.36. The van der Waals surface area contributed by atoms with Gasteiger partial charge in [0.1, 0.15) is 0 Å². The van der Waals surface area contributed by atoms with Crippen molar-refractivity contribution in [3.8, 4) is 0 Å². The van der Waals surface area contributed by atoms with Crippen molar-refractivity contribution in [3.63, 3.8) is 0 Å². The molecule has 2 heterocycles. The smallest absolute Gasteiger partial charge is 0.262 e. The fourth-order valence-electron chi connectivity index (χ4n) is 2.13. The SMILES string of the molecule is CC1OCCC1N(C)S(=O)(=O)c1ncccc1N. The van der Waals surface area contributed by atoms with Crippen LogP contribution in [0.15, 0.2) is 23.4 Å². The predicted octanol–water partition coefficient (Wildman–Crippen LogP) is 0.462. The first-order valence-electron chi connectivity index (χ1n) is 5.74. The molecular formula is C11H17N3O3S. The van der Waals surface area contributed by atoms with Crippen molar-refractivity contribution in [3.05, 3.63) is 18.3 Å². The van der Waals surface area contributed by atoms with Crippen LogP contribution >= 0.6 is 0 Å². The Morgan fingerprint density at radius 3 is 2.83 bits per heavy atom. The van der Waals surface area contributed by atoms with Gasteiger partial charge in [0.25, 0.3) is 10.0 Å². The van der Waals surface area contributed by atoms with Crippen LogP contribution in [0.2, 0.25) is 0 Å². The lowest BCUT2D eigenvalue weighted by atomic mass is 10.2. The van der Waals surface area contributed by atoms with Gasteiger partial charge in [-0.15, -0.1) is 0 Å². The number of pyridine rings is 1. The lowest BCUT2D eigenvalue weighted by molar-refractivity contribution is 0.102. The molecule has 6 nitrogen and oxygen atoms in total. The van der Waals surface area contributed by atoms with E-state index in [0.29, 0.717) is 13.0 Å². The first-order valence-corrected chi connectivity index (χ1v) is 7.18. The molecule has 100 valence electrons. The van der Waals surface area contributed by atoms with E-state index in [4.69, 9.17) is 10.5 Å². The number of aromatic nitrogens is 1. The minimum atomic E-state index is -3.67. The van der Waals surface area contributed by atoms with Gasteiger partial charge in [0.15, 0.2) is 5.03 Å². The van der Waals surface area contributed by atoms with Crippen molar-refractivity contribution < 1.29 is 13.2 Å². The zero-order chi connectivity index (χ0) is 13.3. The molecule has 2 atom stereocenters. The number of rotatable bonds is 3. The van der Waals surface area contributed by atoms with E-state index >= 15 is 0 Å². The molecule has 0 radical (unpaired) electrons. The van der Waals surface area contributed by atoms with Gasteiger partial charge in [-0.25, -0.2) is 13.4 Å². The van der Waals surface area contributed by atoms with E-state index in [-0.39, 0.29) is 22.9 Å². The summed E-state index contributed by atoms with van der Waals surface area (Å²) in [7, 11) is -2.13. The van der Waals surface area contributed by atoms with Gasteiger partial charge < -0.3 is 10.5 Å². The zero-order valence-corrected chi connectivity index (χ0v) is 11.2. The molecule has 0 aromatic carbocycles. The quantitative estimate of drug-likeness (QED) is 0.863. The number of nitrogens with zero attached hydrogens (tertiary/aromatic N) is 2. The van der Waals surface area contributed by atoms with Crippen LogP contribution in [0.3, 0.4) is 0 Å². The lowest BCUT2D eigenvalue weighted by Crippen LogP contribution is -2.41. The van der Waals surface area contributed by atoms with E-state index in [1.165, 1.54) is 16.6 Å². The summed E-state index contributed by atoms with van der Waals surface area (Å²) in [5, 5.41) is -0.0911. The molecule has 1 aromatic heterocycles. The molecule has 18 heavy (non-hydrogen) atoms. The molecule has 0 amide bonds. The molecule has 1 aromatic rings. The Labute approximate surface area is 107 Å². The summed E-state index contributed by atoms with van der Waals surface area (Å²) in [4.78, 5) is 3.87. The third-order valence-electron chi connectivity index (χ3n) is 3.23. The largest absolute Gasteiger partial charge is 0.396 e. The van der Waals surface area contributed by atoms with Crippen LogP contribution in [-0.2, 0) is 14.8 Å². The highest BCUT2D eigenvalue weighted by molar-refractivity contribution is 7.89. The molecule has 0 saturated carbocycles. The van der Waals surface area contributed by atoms with Crippen LogP contribution in [0, 0.1) is 0 Å². The van der Waals surface area contributed by atoms with Crippen LogP contribution in [0.4, 0.5) is 5.69 Å². The zero-order valence-electron chi connectivity index (χ0n) is 10.4. The first-order chi connectivity index (χ1) is 8.44. The van der Waals surface area contributed by atoms with Crippen LogP contribution < -0.4 is 5.73 Å². The second kappa shape index (κ2) is 4.83. The summed E-state index contributed by atoms with van der Waals surface area (Å²) in [6.45, 7) is 2.44. The molecule has 0 aliphatic carbocycles. The topological polar surface area (TPSA) is 85.5 Å². The summed E-state index contributed by atoms with van der Waals surface area (Å²) < 4.78 is 31.5. The summed E-state index contributed by atoms with van der Waals surface area (Å²) in [5.74, 6) is 0. The molecule has 7 heteroatoms. The van der Waals surface area contributed by atoms with Gasteiger partial charge >= 0.3 is 0 Å². The summed E-state index contributed by atoms with van der Waals surface area (Å²) in [6, 6.07) is 2.97. The monoisotopic (exact) mass is 271 g/mol. The van der Waals surface area contributed by atoms with Crippen molar-refractivity contribution in [1.29, 1.82) is 0 Å². The maximum Gasteiger partial charge on any atom is 0.262 e. The molecule has 1 aliphatic heterocycles. The van der Waals surface area contributed by atoms with Gasteiger partial charge in [0.05, 0.1) is 17.8 Å². The molecule has 1 fully saturated rings. The fourth-order valence-corrected chi connectivity index (χ4v) is 3.60. The number of likely N-dealkylation sites (N-methyl/N-ethyl adjacent to an activating group) is 1. The predicted molar refractivity (Wildman–Crippen MR) is 67.4 cm³/mol. The van der Waals surface area contributed by atoms with E-state index in [0.717, 1.165) is 0 Å². The van der Waals surface area contributed by atoms with Gasteiger partial charge in [0, 0.05) is 19.9 Å². The maximum absolute atomic E-state index is 12.4. The Morgan fingerprint density at radius 2 is 2.28 bits per heavy atom. The minimum Gasteiger partial charge on any atom is -0.396 e. The van der Waals surface area contributed by atoms with Crippen molar-refractivity contribution in [1.82, 2.24) is 9.29 Å². The van der Waals surface area contributed by atoms with Crippen LogP contribution in [0.5, 0.6) is 0 Å². The standard InChI is InChI=1S/C11H17N3O3S/c1-8-10(5-7-17-8)14(2)18(15,16)11-9(12)4-3-6-13-11/h3-4,6,8,10H,5,7,12H2,1-2H3. The highest BCUT2D eigenvalue weighted by atomic mass is 32.2. The van der Waals surface area contributed by atoms with Crippen molar-refractivity contribution >= 4 is 15.7 Å². The normalized spacial score (nSPS) is 24.6. The second-order valence-electron chi connectivity index (χ2n) is 4.35. The van der Waals surface area contributed by atoms with Crippen molar-refractivity contribution in [2.45, 2.75) is 30.5 Å². The Kier molecular flexibility index (Phi) is 3.56. The van der Waals surface area contributed by atoms with Gasteiger partial charge in [0.2, 0.25) is 0 Å². The first kappa shape index (κ1) is 13.3.